The Balaban J connectivity index is 1.62. The number of aromatic nitrogens is 4. The van der Waals surface area contributed by atoms with E-state index < -0.39 is 23.4 Å². The first-order valence-electron chi connectivity index (χ1n) is 11.3. The molecule has 1 aliphatic rings. The number of H-pyrrole nitrogens is 1. The van der Waals surface area contributed by atoms with E-state index in [1.807, 2.05) is 13.8 Å². The number of nitrogens with one attached hydrogen (secondary N) is 1. The number of hydrogen-bond acceptors (Lipinski definition) is 6. The number of pyridine rings is 2. The van der Waals surface area contributed by atoms with Crippen LogP contribution in [0.4, 0.5) is 14.5 Å². The van der Waals surface area contributed by atoms with Crippen LogP contribution in [0.5, 0.6) is 5.75 Å². The first kappa shape index (κ1) is 23.3. The minimum atomic E-state index is -0.852. The number of nitrogens with zero attached hydrogens (tertiary/aromatic N) is 4. The van der Waals surface area contributed by atoms with Crippen molar-refractivity contribution < 1.29 is 23.1 Å². The van der Waals surface area contributed by atoms with Crippen LogP contribution in [0, 0.1) is 17.6 Å². The number of aromatic amines is 1. The van der Waals surface area contributed by atoms with Crippen molar-refractivity contribution >= 4 is 28.5 Å². The van der Waals surface area contributed by atoms with Crippen LogP contribution in [0.3, 0.4) is 0 Å². The second-order valence-electron chi connectivity index (χ2n) is 8.94. The molecule has 0 saturated carbocycles. The quantitative estimate of drug-likeness (QED) is 0.424. The van der Waals surface area contributed by atoms with Gasteiger partial charge in [-0.1, -0.05) is 19.9 Å². The summed E-state index contributed by atoms with van der Waals surface area (Å²) in [6.45, 7) is 3.55. The maximum Gasteiger partial charge on any atom is 0.265 e. The van der Waals surface area contributed by atoms with Crippen molar-refractivity contribution in [2.24, 2.45) is 11.7 Å². The van der Waals surface area contributed by atoms with Crippen LogP contribution >= 0.6 is 0 Å². The molecule has 2 amide bonds. The predicted octanol–water partition coefficient (Wildman–Crippen LogP) is 3.52. The Kier molecular flexibility index (Phi) is 5.83. The molecule has 0 bridgehead atoms. The van der Waals surface area contributed by atoms with Crippen LogP contribution < -0.4 is 15.4 Å². The van der Waals surface area contributed by atoms with Gasteiger partial charge in [-0.05, 0) is 30.0 Å². The molecule has 0 atom stereocenters. The smallest absolute Gasteiger partial charge is 0.265 e. The van der Waals surface area contributed by atoms with Crippen LogP contribution in [0.25, 0.3) is 22.2 Å². The lowest BCUT2D eigenvalue weighted by Crippen LogP contribution is -2.38. The number of amides is 2. The molecule has 0 fully saturated rings. The molecule has 0 spiro atoms. The summed E-state index contributed by atoms with van der Waals surface area (Å²) >= 11 is 0. The molecule has 0 aliphatic carbocycles. The largest absolute Gasteiger partial charge is 0.482 e. The van der Waals surface area contributed by atoms with Crippen molar-refractivity contribution in [1.29, 1.82) is 0 Å². The van der Waals surface area contributed by atoms with Gasteiger partial charge in [0.05, 0.1) is 41.6 Å². The Bertz CT molecular complexity index is 1520. The Morgan fingerprint density at radius 1 is 1.22 bits per heavy atom. The van der Waals surface area contributed by atoms with Gasteiger partial charge in [0.15, 0.2) is 12.3 Å². The number of carbonyl (C=O) groups excluding carboxylic acids is 2. The molecule has 5 rings (SSSR count). The summed E-state index contributed by atoms with van der Waals surface area (Å²) in [5.41, 5.74) is 8.65. The van der Waals surface area contributed by atoms with E-state index >= 15 is 0 Å². The van der Waals surface area contributed by atoms with Crippen LogP contribution in [0.1, 0.15) is 35.6 Å². The number of primary amides is 1. The molecule has 1 aromatic carbocycles. The van der Waals surface area contributed by atoms with E-state index in [2.05, 4.69) is 20.2 Å². The number of benzene rings is 1. The maximum atomic E-state index is 14.2. The highest BCUT2D eigenvalue weighted by atomic mass is 19.1. The summed E-state index contributed by atoms with van der Waals surface area (Å²) in [6, 6.07) is 5.77. The van der Waals surface area contributed by atoms with E-state index in [-0.39, 0.29) is 24.8 Å². The Hall–Kier alpha value is -4.41. The third kappa shape index (κ3) is 4.12. The lowest BCUT2D eigenvalue weighted by Gasteiger charge is -2.29. The minimum Gasteiger partial charge on any atom is -0.482 e. The van der Waals surface area contributed by atoms with Gasteiger partial charge in [0, 0.05) is 17.0 Å². The van der Waals surface area contributed by atoms with E-state index in [1.54, 1.807) is 24.4 Å². The standard InChI is InChI=1S/C25H22F2N6O3/c1-12(2)5-17-23(24(28)35)22(15-9-30-32-25(15)31-17)13-3-4-19-20(6-13)36-11-21(34)33(19)10-18-16(27)7-14(26)8-29-18/h3-4,6-9,12H,5,10-11H2,1-2H3,(H2,28,35)(H,30,31,32). The number of nitrogens with two attached hydrogens (primary N) is 1. The lowest BCUT2D eigenvalue weighted by atomic mass is 9.92. The summed E-state index contributed by atoms with van der Waals surface area (Å²) in [5, 5.41) is 7.55. The molecule has 0 unspecified atom stereocenters. The van der Waals surface area contributed by atoms with Crippen molar-refractivity contribution in [2.75, 3.05) is 11.5 Å². The third-order valence-electron chi connectivity index (χ3n) is 5.91. The predicted molar refractivity (Wildman–Crippen MR) is 127 cm³/mol. The zero-order valence-corrected chi connectivity index (χ0v) is 19.5. The second kappa shape index (κ2) is 8.99. The first-order valence-corrected chi connectivity index (χ1v) is 11.3. The van der Waals surface area contributed by atoms with Gasteiger partial charge in [-0.25, -0.2) is 13.8 Å². The van der Waals surface area contributed by atoms with Crippen LogP contribution in [-0.2, 0) is 17.8 Å². The van der Waals surface area contributed by atoms with Gasteiger partial charge >= 0.3 is 0 Å². The molecule has 9 nitrogen and oxygen atoms in total. The van der Waals surface area contributed by atoms with E-state index in [9.17, 15) is 18.4 Å². The average Bonchev–Trinajstić information content (AvgIpc) is 3.29. The van der Waals surface area contributed by atoms with Gasteiger partial charge < -0.3 is 10.5 Å². The zero-order chi connectivity index (χ0) is 25.6. The highest BCUT2D eigenvalue weighted by Gasteiger charge is 2.29. The van der Waals surface area contributed by atoms with Crippen molar-refractivity contribution in [3.8, 4) is 16.9 Å². The number of hydrogen-bond donors (Lipinski definition) is 2. The number of halogens is 2. The average molecular weight is 492 g/mol. The van der Waals surface area contributed by atoms with Gasteiger partial charge in [0.2, 0.25) is 0 Å². The first-order chi connectivity index (χ1) is 17.2. The molecule has 3 N–H and O–H groups in total. The summed E-state index contributed by atoms with van der Waals surface area (Å²) < 4.78 is 33.2. The Morgan fingerprint density at radius 3 is 2.75 bits per heavy atom. The Labute approximate surface area is 204 Å². The highest BCUT2D eigenvalue weighted by molar-refractivity contribution is 6.09. The number of anilines is 1. The number of rotatable bonds is 6. The summed E-state index contributed by atoms with van der Waals surface area (Å²) in [6.07, 6.45) is 3.00. The molecule has 0 radical (unpaired) electrons. The summed E-state index contributed by atoms with van der Waals surface area (Å²) in [4.78, 5) is 34.9. The van der Waals surface area contributed by atoms with E-state index in [4.69, 9.17) is 10.5 Å². The third-order valence-corrected chi connectivity index (χ3v) is 5.91. The number of carbonyl (C=O) groups is 2. The van der Waals surface area contributed by atoms with Crippen molar-refractivity contribution in [2.45, 2.75) is 26.8 Å². The molecule has 3 aromatic heterocycles. The van der Waals surface area contributed by atoms with E-state index in [1.165, 1.54) is 4.90 Å². The molecular formula is C25H22F2N6O3. The molecule has 0 saturated heterocycles. The van der Waals surface area contributed by atoms with Gasteiger partial charge in [-0.15, -0.1) is 0 Å². The van der Waals surface area contributed by atoms with Gasteiger partial charge in [0.1, 0.15) is 17.4 Å². The van der Waals surface area contributed by atoms with Crippen LogP contribution in [-0.4, -0.2) is 38.6 Å². The van der Waals surface area contributed by atoms with Crippen LogP contribution in [0.15, 0.2) is 36.7 Å². The topological polar surface area (TPSA) is 127 Å². The molecule has 184 valence electrons. The van der Waals surface area contributed by atoms with E-state index in [0.29, 0.717) is 51.3 Å². The molecular weight excluding hydrogens is 470 g/mol. The fourth-order valence-electron chi connectivity index (χ4n) is 4.36. The fraction of sp³-hybridized carbons (Fsp3) is 0.240. The second-order valence-corrected chi connectivity index (χ2v) is 8.94. The van der Waals surface area contributed by atoms with Crippen molar-refractivity contribution in [3.05, 3.63) is 65.2 Å². The molecule has 4 heterocycles. The zero-order valence-electron chi connectivity index (χ0n) is 19.5. The SMILES string of the molecule is CC(C)Cc1nc2[nH]ncc2c(-c2ccc3c(c2)OCC(=O)N3Cc2ncc(F)cc2F)c1C(N)=O. The summed E-state index contributed by atoms with van der Waals surface area (Å²) in [5.74, 6) is -2.11. The van der Waals surface area contributed by atoms with E-state index in [0.717, 1.165) is 12.3 Å². The lowest BCUT2D eigenvalue weighted by molar-refractivity contribution is -0.121. The normalized spacial score (nSPS) is 13.2. The van der Waals surface area contributed by atoms with Crippen molar-refractivity contribution in [3.63, 3.8) is 0 Å². The molecule has 36 heavy (non-hydrogen) atoms. The molecule has 11 heteroatoms. The van der Waals surface area contributed by atoms with Gasteiger partial charge in [-0.3, -0.25) is 24.6 Å². The maximum absolute atomic E-state index is 14.2. The monoisotopic (exact) mass is 492 g/mol. The van der Waals surface area contributed by atoms with Crippen molar-refractivity contribution in [1.82, 2.24) is 20.2 Å². The molecule has 1 aliphatic heterocycles. The number of ether oxygens (including phenoxy) is 1. The van der Waals surface area contributed by atoms with Crippen LogP contribution in [0.2, 0.25) is 0 Å². The highest BCUT2D eigenvalue weighted by Crippen LogP contribution is 2.40. The van der Waals surface area contributed by atoms with Gasteiger partial charge in [0.25, 0.3) is 11.8 Å². The number of fused-ring (bicyclic) bond motifs is 2. The molecule has 4 aromatic rings. The fourth-order valence-corrected chi connectivity index (χ4v) is 4.36. The summed E-state index contributed by atoms with van der Waals surface area (Å²) in [7, 11) is 0. The minimum absolute atomic E-state index is 0.0785. The Morgan fingerprint density at radius 2 is 2.03 bits per heavy atom. The van der Waals surface area contributed by atoms with Gasteiger partial charge in [-0.2, -0.15) is 5.10 Å².